The fourth-order valence-electron chi connectivity index (χ4n) is 4.40. The smallest absolute Gasteiger partial charge is 0.226 e. The number of nitrogens with one attached hydrogen (secondary N) is 1. The summed E-state index contributed by atoms with van der Waals surface area (Å²) in [6.07, 6.45) is 5.99. The van der Waals surface area contributed by atoms with Crippen molar-refractivity contribution in [2.75, 3.05) is 5.32 Å². The van der Waals surface area contributed by atoms with Gasteiger partial charge in [0.2, 0.25) is 5.91 Å². The van der Waals surface area contributed by atoms with Crippen molar-refractivity contribution in [3.63, 3.8) is 0 Å². The summed E-state index contributed by atoms with van der Waals surface area (Å²) in [6.45, 7) is 4.23. The van der Waals surface area contributed by atoms with Gasteiger partial charge < -0.3 is 5.32 Å². The predicted molar refractivity (Wildman–Crippen MR) is 99.2 cm³/mol. The van der Waals surface area contributed by atoms with E-state index in [1.54, 1.807) is 0 Å². The lowest BCUT2D eigenvalue weighted by Gasteiger charge is -2.20. The van der Waals surface area contributed by atoms with Crippen LogP contribution < -0.4 is 5.32 Å². The highest BCUT2D eigenvalue weighted by Gasteiger charge is 2.40. The number of benzene rings is 1. The zero-order valence-corrected chi connectivity index (χ0v) is 15.2. The molecule has 2 saturated carbocycles. The van der Waals surface area contributed by atoms with Gasteiger partial charge in [-0.1, -0.05) is 18.6 Å². The van der Waals surface area contributed by atoms with Crippen LogP contribution in [0.15, 0.2) is 23.6 Å². The van der Waals surface area contributed by atoms with E-state index < -0.39 is 0 Å². The van der Waals surface area contributed by atoms with Crippen LogP contribution in [0.5, 0.6) is 0 Å². The quantitative estimate of drug-likeness (QED) is 0.832. The zero-order chi connectivity index (χ0) is 16.7. The number of carbonyl (C=O) groups excluding carboxylic acids is 1. The number of fused-ring (bicyclic) bond motifs is 2. The third kappa shape index (κ3) is 3.12. The molecule has 2 bridgehead atoms. The van der Waals surface area contributed by atoms with Crippen molar-refractivity contribution in [2.45, 2.75) is 46.0 Å². The monoisotopic (exact) mass is 340 g/mol. The molecule has 3 atom stereocenters. The highest BCUT2D eigenvalue weighted by Crippen LogP contribution is 2.49. The number of carbonyl (C=O) groups is 1. The molecular formula is C20H24N2OS. The van der Waals surface area contributed by atoms with Crippen molar-refractivity contribution in [3.05, 3.63) is 34.7 Å². The van der Waals surface area contributed by atoms with Gasteiger partial charge in [-0.05, 0) is 68.1 Å². The van der Waals surface area contributed by atoms with Crippen LogP contribution in [0.25, 0.3) is 11.3 Å². The minimum Gasteiger partial charge on any atom is -0.302 e. The second-order valence-corrected chi connectivity index (χ2v) is 8.38. The van der Waals surface area contributed by atoms with Crippen molar-refractivity contribution < 1.29 is 4.79 Å². The Labute approximate surface area is 147 Å². The number of nitrogens with zero attached hydrogens (tertiary/aromatic N) is 1. The fraction of sp³-hybridized carbons (Fsp3) is 0.500. The van der Waals surface area contributed by atoms with Gasteiger partial charge in [0.15, 0.2) is 5.13 Å². The lowest BCUT2D eigenvalue weighted by atomic mass is 9.86. The Bertz CT molecular complexity index is 767. The summed E-state index contributed by atoms with van der Waals surface area (Å²) >= 11 is 1.51. The van der Waals surface area contributed by atoms with E-state index in [4.69, 9.17) is 0 Å². The molecule has 4 heteroatoms. The average molecular weight is 340 g/mol. The standard InChI is InChI=1S/C20H24N2OS/c1-12-3-5-16(7-13(12)2)18-11-24-20(21-18)22-19(23)10-17-9-14-4-6-15(17)8-14/h3,5,7,11,14-15,17H,4,6,8-10H2,1-2H3,(H,21,22,23)/t14-,15+,17+/m0/s1. The lowest BCUT2D eigenvalue weighted by Crippen LogP contribution is -2.20. The number of thiazole rings is 1. The van der Waals surface area contributed by atoms with E-state index in [0.717, 1.165) is 28.2 Å². The molecule has 126 valence electrons. The zero-order valence-electron chi connectivity index (χ0n) is 14.3. The maximum absolute atomic E-state index is 12.3. The number of hydrogen-bond acceptors (Lipinski definition) is 3. The van der Waals surface area contributed by atoms with Crippen LogP contribution in [-0.2, 0) is 4.79 Å². The first kappa shape index (κ1) is 15.8. The second-order valence-electron chi connectivity index (χ2n) is 7.52. The van der Waals surface area contributed by atoms with Gasteiger partial charge in [-0.25, -0.2) is 4.98 Å². The van der Waals surface area contributed by atoms with E-state index in [-0.39, 0.29) is 5.91 Å². The number of anilines is 1. The van der Waals surface area contributed by atoms with Gasteiger partial charge in [0, 0.05) is 17.4 Å². The molecule has 3 nitrogen and oxygen atoms in total. The maximum atomic E-state index is 12.3. The molecule has 2 fully saturated rings. The van der Waals surface area contributed by atoms with Crippen LogP contribution in [0, 0.1) is 31.6 Å². The van der Waals surface area contributed by atoms with Crippen molar-refractivity contribution in [3.8, 4) is 11.3 Å². The third-order valence-corrected chi connectivity index (χ3v) is 6.64. The van der Waals surface area contributed by atoms with Gasteiger partial charge in [0.05, 0.1) is 5.69 Å². The molecule has 0 aliphatic heterocycles. The summed E-state index contributed by atoms with van der Waals surface area (Å²) in [5.41, 5.74) is 4.61. The Morgan fingerprint density at radius 1 is 1.25 bits per heavy atom. The highest BCUT2D eigenvalue weighted by molar-refractivity contribution is 7.14. The molecule has 2 aliphatic rings. The lowest BCUT2D eigenvalue weighted by molar-refractivity contribution is -0.117. The first-order valence-electron chi connectivity index (χ1n) is 8.91. The number of aromatic nitrogens is 1. The SMILES string of the molecule is Cc1ccc(-c2csc(NC(=O)C[C@H]3C[C@H]4CC[C@@H]3C4)n2)cc1C. The number of hydrogen-bond donors (Lipinski definition) is 1. The van der Waals surface area contributed by atoms with E-state index in [0.29, 0.717) is 12.3 Å². The maximum Gasteiger partial charge on any atom is 0.226 e. The summed E-state index contributed by atoms with van der Waals surface area (Å²) in [5, 5.41) is 5.76. The summed E-state index contributed by atoms with van der Waals surface area (Å²) in [4.78, 5) is 16.9. The predicted octanol–water partition coefficient (Wildman–Crippen LogP) is 5.19. The minimum atomic E-state index is 0.133. The minimum absolute atomic E-state index is 0.133. The van der Waals surface area contributed by atoms with Crippen LogP contribution in [-0.4, -0.2) is 10.9 Å². The number of aryl methyl sites for hydroxylation is 2. The van der Waals surface area contributed by atoms with E-state index in [1.165, 1.54) is 48.1 Å². The molecule has 1 N–H and O–H groups in total. The Morgan fingerprint density at radius 3 is 2.83 bits per heavy atom. The van der Waals surface area contributed by atoms with E-state index in [9.17, 15) is 4.79 Å². The average Bonchev–Trinajstić information content (AvgIpc) is 3.26. The van der Waals surface area contributed by atoms with E-state index >= 15 is 0 Å². The molecule has 2 aliphatic carbocycles. The first-order chi connectivity index (χ1) is 11.6. The van der Waals surface area contributed by atoms with Crippen LogP contribution in [0.3, 0.4) is 0 Å². The first-order valence-corrected chi connectivity index (χ1v) is 9.79. The van der Waals surface area contributed by atoms with E-state index in [2.05, 4.69) is 42.3 Å². The van der Waals surface area contributed by atoms with Gasteiger partial charge in [0.25, 0.3) is 0 Å². The van der Waals surface area contributed by atoms with Crippen molar-refractivity contribution in [1.29, 1.82) is 0 Å². The Hall–Kier alpha value is -1.68. The van der Waals surface area contributed by atoms with Crippen LogP contribution in [0.4, 0.5) is 5.13 Å². The van der Waals surface area contributed by atoms with Crippen LogP contribution in [0.1, 0.15) is 43.2 Å². The molecule has 0 unspecified atom stereocenters. The number of amides is 1. The van der Waals surface area contributed by atoms with E-state index in [1.807, 2.05) is 5.38 Å². The number of rotatable bonds is 4. The Kier molecular flexibility index (Phi) is 4.17. The summed E-state index contributed by atoms with van der Waals surface area (Å²) in [5.74, 6) is 2.42. The van der Waals surface area contributed by atoms with Gasteiger partial charge >= 0.3 is 0 Å². The molecule has 1 heterocycles. The second kappa shape index (κ2) is 6.32. The Balaban J connectivity index is 1.39. The molecule has 1 aromatic carbocycles. The summed E-state index contributed by atoms with van der Waals surface area (Å²) < 4.78 is 0. The summed E-state index contributed by atoms with van der Waals surface area (Å²) in [7, 11) is 0. The summed E-state index contributed by atoms with van der Waals surface area (Å²) in [6, 6.07) is 6.38. The topological polar surface area (TPSA) is 42.0 Å². The molecule has 1 aromatic heterocycles. The van der Waals surface area contributed by atoms with Crippen molar-refractivity contribution in [2.24, 2.45) is 17.8 Å². The molecule has 2 aromatic rings. The van der Waals surface area contributed by atoms with Gasteiger partial charge in [-0.15, -0.1) is 11.3 Å². The highest BCUT2D eigenvalue weighted by atomic mass is 32.1. The fourth-order valence-corrected chi connectivity index (χ4v) is 5.14. The van der Waals surface area contributed by atoms with Crippen LogP contribution >= 0.6 is 11.3 Å². The molecule has 0 radical (unpaired) electrons. The molecule has 24 heavy (non-hydrogen) atoms. The van der Waals surface area contributed by atoms with Gasteiger partial charge in [0.1, 0.15) is 0 Å². The molecular weight excluding hydrogens is 316 g/mol. The molecule has 0 saturated heterocycles. The van der Waals surface area contributed by atoms with Gasteiger partial charge in [-0.3, -0.25) is 4.79 Å². The largest absolute Gasteiger partial charge is 0.302 e. The molecule has 0 spiro atoms. The van der Waals surface area contributed by atoms with Crippen molar-refractivity contribution in [1.82, 2.24) is 4.98 Å². The van der Waals surface area contributed by atoms with Crippen molar-refractivity contribution >= 4 is 22.4 Å². The Morgan fingerprint density at radius 2 is 2.12 bits per heavy atom. The molecule has 1 amide bonds. The molecule has 4 rings (SSSR count). The third-order valence-electron chi connectivity index (χ3n) is 5.89. The van der Waals surface area contributed by atoms with Crippen LogP contribution in [0.2, 0.25) is 0 Å². The normalized spacial score (nSPS) is 25.2. The van der Waals surface area contributed by atoms with Gasteiger partial charge in [-0.2, -0.15) is 0 Å².